The van der Waals surface area contributed by atoms with Crippen LogP contribution >= 0.6 is 0 Å². The highest BCUT2D eigenvalue weighted by Gasteiger charge is 2.21. The maximum absolute atomic E-state index is 5.59. The van der Waals surface area contributed by atoms with Crippen LogP contribution in [0.5, 0.6) is 0 Å². The summed E-state index contributed by atoms with van der Waals surface area (Å²) >= 11 is 0. The molecule has 1 aromatic heterocycles. The Morgan fingerprint density at radius 1 is 1.69 bits per heavy atom. The molecule has 0 aliphatic carbocycles. The molecule has 2 N–H and O–H groups in total. The SMILES string of the molecule is Cc1cnc2n1CCCC2CCN. The van der Waals surface area contributed by atoms with E-state index in [1.807, 2.05) is 6.20 Å². The second-order valence-corrected chi connectivity index (χ2v) is 3.83. The van der Waals surface area contributed by atoms with Gasteiger partial charge in [0.2, 0.25) is 0 Å². The number of nitrogens with two attached hydrogens (primary N) is 1. The summed E-state index contributed by atoms with van der Waals surface area (Å²) in [6, 6.07) is 0. The Morgan fingerprint density at radius 3 is 3.31 bits per heavy atom. The number of fused-ring (bicyclic) bond motifs is 1. The molecule has 0 radical (unpaired) electrons. The largest absolute Gasteiger partial charge is 0.332 e. The fraction of sp³-hybridized carbons (Fsp3) is 0.700. The second kappa shape index (κ2) is 3.50. The fourth-order valence-corrected chi connectivity index (χ4v) is 2.20. The van der Waals surface area contributed by atoms with E-state index in [9.17, 15) is 0 Å². The third-order valence-corrected chi connectivity index (χ3v) is 2.90. The zero-order valence-electron chi connectivity index (χ0n) is 8.16. The van der Waals surface area contributed by atoms with Crippen molar-refractivity contribution >= 4 is 0 Å². The Kier molecular flexibility index (Phi) is 2.36. The van der Waals surface area contributed by atoms with Gasteiger partial charge in [-0.3, -0.25) is 0 Å². The zero-order valence-corrected chi connectivity index (χ0v) is 8.16. The average Bonchev–Trinajstić information content (AvgIpc) is 2.50. The predicted octanol–water partition coefficient (Wildman–Crippen LogP) is 1.42. The van der Waals surface area contributed by atoms with E-state index in [4.69, 9.17) is 5.73 Å². The molecule has 1 aliphatic heterocycles. The molecular weight excluding hydrogens is 162 g/mol. The number of nitrogens with zero attached hydrogens (tertiary/aromatic N) is 2. The maximum Gasteiger partial charge on any atom is 0.112 e. The number of rotatable bonds is 2. The number of hydrogen-bond donors (Lipinski definition) is 1. The number of hydrogen-bond acceptors (Lipinski definition) is 2. The minimum absolute atomic E-state index is 0.604. The number of imidazole rings is 1. The van der Waals surface area contributed by atoms with Crippen molar-refractivity contribution in [2.75, 3.05) is 6.54 Å². The monoisotopic (exact) mass is 179 g/mol. The number of aryl methyl sites for hydroxylation is 1. The summed E-state index contributed by atoms with van der Waals surface area (Å²) in [4.78, 5) is 4.46. The summed E-state index contributed by atoms with van der Waals surface area (Å²) in [5.74, 6) is 1.86. The smallest absolute Gasteiger partial charge is 0.112 e. The van der Waals surface area contributed by atoms with Crippen molar-refractivity contribution in [3.05, 3.63) is 17.7 Å². The molecule has 3 nitrogen and oxygen atoms in total. The summed E-state index contributed by atoms with van der Waals surface area (Å²) in [5.41, 5.74) is 6.87. The van der Waals surface area contributed by atoms with Crippen molar-refractivity contribution in [3.63, 3.8) is 0 Å². The van der Waals surface area contributed by atoms with E-state index in [1.165, 1.54) is 24.4 Å². The van der Waals surface area contributed by atoms with Gasteiger partial charge in [0.05, 0.1) is 0 Å². The molecule has 0 bridgehead atoms. The van der Waals surface area contributed by atoms with Gasteiger partial charge in [-0.15, -0.1) is 0 Å². The van der Waals surface area contributed by atoms with Gasteiger partial charge in [-0.25, -0.2) is 4.98 Å². The van der Waals surface area contributed by atoms with Crippen LogP contribution in [-0.4, -0.2) is 16.1 Å². The van der Waals surface area contributed by atoms with Crippen LogP contribution in [0.15, 0.2) is 6.20 Å². The van der Waals surface area contributed by atoms with E-state index in [0.717, 1.165) is 19.5 Å². The van der Waals surface area contributed by atoms with E-state index in [2.05, 4.69) is 16.5 Å². The van der Waals surface area contributed by atoms with Crippen molar-refractivity contribution in [1.29, 1.82) is 0 Å². The lowest BCUT2D eigenvalue weighted by Gasteiger charge is -2.23. The number of aromatic nitrogens is 2. The van der Waals surface area contributed by atoms with Gasteiger partial charge in [-0.05, 0) is 32.7 Å². The molecule has 2 rings (SSSR count). The summed E-state index contributed by atoms with van der Waals surface area (Å²) in [6.07, 6.45) is 5.59. The van der Waals surface area contributed by atoms with Gasteiger partial charge in [0, 0.05) is 24.4 Å². The van der Waals surface area contributed by atoms with Crippen molar-refractivity contribution in [2.24, 2.45) is 5.73 Å². The topological polar surface area (TPSA) is 43.8 Å². The molecule has 0 aromatic carbocycles. The van der Waals surface area contributed by atoms with Gasteiger partial charge in [0.1, 0.15) is 5.82 Å². The first kappa shape index (κ1) is 8.75. The van der Waals surface area contributed by atoms with Crippen LogP contribution in [-0.2, 0) is 6.54 Å². The first-order chi connectivity index (χ1) is 6.33. The van der Waals surface area contributed by atoms with Crippen molar-refractivity contribution < 1.29 is 0 Å². The average molecular weight is 179 g/mol. The van der Waals surface area contributed by atoms with E-state index >= 15 is 0 Å². The molecule has 72 valence electrons. The fourth-order valence-electron chi connectivity index (χ4n) is 2.20. The molecule has 0 fully saturated rings. The van der Waals surface area contributed by atoms with Crippen LogP contribution in [0.4, 0.5) is 0 Å². The lowest BCUT2D eigenvalue weighted by atomic mass is 9.95. The quantitative estimate of drug-likeness (QED) is 0.746. The molecule has 0 saturated heterocycles. The van der Waals surface area contributed by atoms with Crippen LogP contribution in [0.3, 0.4) is 0 Å². The molecule has 2 heterocycles. The Bertz CT molecular complexity index is 290. The second-order valence-electron chi connectivity index (χ2n) is 3.83. The molecule has 13 heavy (non-hydrogen) atoms. The van der Waals surface area contributed by atoms with Gasteiger partial charge in [0.15, 0.2) is 0 Å². The summed E-state index contributed by atoms with van der Waals surface area (Å²) in [6.45, 7) is 4.04. The highest BCUT2D eigenvalue weighted by atomic mass is 15.1. The molecule has 1 unspecified atom stereocenters. The van der Waals surface area contributed by atoms with E-state index < -0.39 is 0 Å². The van der Waals surface area contributed by atoms with Crippen molar-refractivity contribution in [2.45, 2.75) is 38.6 Å². The molecule has 3 heteroatoms. The van der Waals surface area contributed by atoms with Crippen LogP contribution < -0.4 is 5.73 Å². The van der Waals surface area contributed by atoms with E-state index in [0.29, 0.717) is 5.92 Å². The molecule has 1 aromatic rings. The van der Waals surface area contributed by atoms with Crippen molar-refractivity contribution in [1.82, 2.24) is 9.55 Å². The van der Waals surface area contributed by atoms with Gasteiger partial charge in [-0.2, -0.15) is 0 Å². The molecule has 1 aliphatic rings. The maximum atomic E-state index is 5.59. The van der Waals surface area contributed by atoms with Crippen LogP contribution in [0.2, 0.25) is 0 Å². The standard InChI is InChI=1S/C10H17N3/c1-8-7-12-10-9(4-5-11)3-2-6-13(8)10/h7,9H,2-6,11H2,1H3. The van der Waals surface area contributed by atoms with Gasteiger partial charge in [-0.1, -0.05) is 0 Å². The highest BCUT2D eigenvalue weighted by molar-refractivity contribution is 5.10. The molecule has 0 saturated carbocycles. The van der Waals surface area contributed by atoms with E-state index in [-0.39, 0.29) is 0 Å². The zero-order chi connectivity index (χ0) is 9.26. The molecule has 1 atom stereocenters. The van der Waals surface area contributed by atoms with Crippen LogP contribution in [0, 0.1) is 6.92 Å². The third kappa shape index (κ3) is 1.48. The van der Waals surface area contributed by atoms with Gasteiger partial charge in [0.25, 0.3) is 0 Å². The van der Waals surface area contributed by atoms with Gasteiger partial charge < -0.3 is 10.3 Å². The van der Waals surface area contributed by atoms with E-state index in [1.54, 1.807) is 0 Å². The normalized spacial score (nSPS) is 21.5. The first-order valence-corrected chi connectivity index (χ1v) is 5.05. The lowest BCUT2D eigenvalue weighted by molar-refractivity contribution is 0.424. The molecule has 0 spiro atoms. The molecular formula is C10H17N3. The lowest BCUT2D eigenvalue weighted by Crippen LogP contribution is -2.19. The van der Waals surface area contributed by atoms with Gasteiger partial charge >= 0.3 is 0 Å². The Labute approximate surface area is 79.0 Å². The molecule has 0 amide bonds. The summed E-state index contributed by atoms with van der Waals surface area (Å²) < 4.78 is 2.34. The van der Waals surface area contributed by atoms with Crippen LogP contribution in [0.1, 0.15) is 36.7 Å². The Hall–Kier alpha value is -0.830. The van der Waals surface area contributed by atoms with Crippen molar-refractivity contribution in [3.8, 4) is 0 Å². The first-order valence-electron chi connectivity index (χ1n) is 5.05. The summed E-state index contributed by atoms with van der Waals surface area (Å²) in [7, 11) is 0. The predicted molar refractivity (Wildman–Crippen MR) is 52.6 cm³/mol. The Balaban J connectivity index is 2.27. The Morgan fingerprint density at radius 2 is 2.54 bits per heavy atom. The minimum atomic E-state index is 0.604. The third-order valence-electron chi connectivity index (χ3n) is 2.90. The minimum Gasteiger partial charge on any atom is -0.332 e. The van der Waals surface area contributed by atoms with Crippen LogP contribution in [0.25, 0.3) is 0 Å². The highest BCUT2D eigenvalue weighted by Crippen LogP contribution is 2.29. The summed E-state index contributed by atoms with van der Waals surface area (Å²) in [5, 5.41) is 0.